The molecule has 0 atom stereocenters. The van der Waals surface area contributed by atoms with E-state index in [9.17, 15) is 4.79 Å². The van der Waals surface area contributed by atoms with E-state index in [1.54, 1.807) is 6.92 Å². The fourth-order valence-electron chi connectivity index (χ4n) is 2.35. The molecular weight excluding hydrogens is 288 g/mol. The van der Waals surface area contributed by atoms with Gasteiger partial charge in [-0.1, -0.05) is 43.0 Å². The van der Waals surface area contributed by atoms with Gasteiger partial charge in [-0.3, -0.25) is 0 Å². The van der Waals surface area contributed by atoms with E-state index >= 15 is 0 Å². The van der Waals surface area contributed by atoms with Crippen LogP contribution in [0.3, 0.4) is 0 Å². The Kier molecular flexibility index (Phi) is 5.52. The summed E-state index contributed by atoms with van der Waals surface area (Å²) < 4.78 is 7.41. The maximum absolute atomic E-state index is 11.7. The molecule has 1 aromatic heterocycles. The van der Waals surface area contributed by atoms with Crippen LogP contribution < -0.4 is 0 Å². The number of aryl methyl sites for hydroxylation is 1. The summed E-state index contributed by atoms with van der Waals surface area (Å²) in [5.74, 6) is 0.532. The molecule has 1 heterocycles. The van der Waals surface area contributed by atoms with E-state index in [-0.39, 0.29) is 12.6 Å². The van der Waals surface area contributed by atoms with Crippen molar-refractivity contribution in [1.82, 2.24) is 9.55 Å². The van der Waals surface area contributed by atoms with Crippen molar-refractivity contribution in [3.63, 3.8) is 0 Å². The molecule has 0 radical (unpaired) electrons. The molecule has 4 nitrogen and oxygen atoms in total. The summed E-state index contributed by atoms with van der Waals surface area (Å²) in [6.07, 6.45) is 2.50. The van der Waals surface area contributed by atoms with Gasteiger partial charge in [-0.25, -0.2) is 9.78 Å². The summed E-state index contributed by atoms with van der Waals surface area (Å²) in [7, 11) is 0. The van der Waals surface area contributed by atoms with E-state index in [1.165, 1.54) is 5.56 Å². The minimum absolute atomic E-state index is 0.189. The number of aromatic nitrogens is 2. The highest BCUT2D eigenvalue weighted by atomic mass is 16.5. The van der Waals surface area contributed by atoms with E-state index < -0.39 is 0 Å². The van der Waals surface area contributed by atoms with Crippen molar-refractivity contribution in [2.45, 2.75) is 33.4 Å². The molecule has 120 valence electrons. The molecule has 23 heavy (non-hydrogen) atoms. The molecule has 0 unspecified atom stereocenters. The fourth-order valence-corrected chi connectivity index (χ4v) is 2.35. The first-order chi connectivity index (χ1) is 11.0. The highest BCUT2D eigenvalue weighted by Gasteiger charge is 2.16. The van der Waals surface area contributed by atoms with Crippen molar-refractivity contribution in [2.24, 2.45) is 0 Å². The lowest BCUT2D eigenvalue weighted by Gasteiger charge is -2.12. The molecule has 4 heteroatoms. The Bertz CT molecular complexity index is 714. The second-order valence-corrected chi connectivity index (χ2v) is 5.48. The molecule has 2 rings (SSSR count). The number of esters is 1. The molecule has 0 saturated carbocycles. The van der Waals surface area contributed by atoms with Crippen LogP contribution in [0.1, 0.15) is 29.7 Å². The molecule has 0 fully saturated rings. The highest BCUT2D eigenvalue weighted by molar-refractivity contribution is 5.86. The Morgan fingerprint density at radius 1 is 1.35 bits per heavy atom. The average molecular weight is 310 g/mol. The molecule has 0 N–H and O–H groups in total. The highest BCUT2D eigenvalue weighted by Crippen LogP contribution is 2.17. The van der Waals surface area contributed by atoms with Crippen LogP contribution in [-0.4, -0.2) is 15.5 Å². The van der Waals surface area contributed by atoms with Crippen LogP contribution in [0.2, 0.25) is 0 Å². The number of carbonyl (C=O) groups is 1. The van der Waals surface area contributed by atoms with Crippen LogP contribution >= 0.6 is 0 Å². The lowest BCUT2D eigenvalue weighted by Crippen LogP contribution is -2.12. The Morgan fingerprint density at radius 3 is 2.65 bits per heavy atom. The predicted octanol–water partition coefficient (Wildman–Crippen LogP) is 3.59. The zero-order valence-corrected chi connectivity index (χ0v) is 13.7. The number of carbonyl (C=O) groups excluding carboxylic acids is 1. The standard InChI is InChI=1S/C19H22N2O2/c1-5-9-18-20-15(4)17(13-23-19(22)14(2)3)21(18)12-16-10-7-6-8-11-16/h5-8,10-11H,1-2,9,12-13H2,3-4H3. The van der Waals surface area contributed by atoms with E-state index in [1.807, 2.05) is 31.2 Å². The van der Waals surface area contributed by atoms with Crippen molar-refractivity contribution < 1.29 is 9.53 Å². The summed E-state index contributed by atoms with van der Waals surface area (Å²) in [5.41, 5.74) is 3.33. The maximum Gasteiger partial charge on any atom is 0.333 e. The van der Waals surface area contributed by atoms with E-state index in [0.29, 0.717) is 18.5 Å². The van der Waals surface area contributed by atoms with Crippen molar-refractivity contribution >= 4 is 5.97 Å². The summed E-state index contributed by atoms with van der Waals surface area (Å²) in [6, 6.07) is 10.1. The first-order valence-electron chi connectivity index (χ1n) is 7.55. The van der Waals surface area contributed by atoms with Gasteiger partial charge in [0.1, 0.15) is 12.4 Å². The smallest absolute Gasteiger partial charge is 0.333 e. The van der Waals surface area contributed by atoms with Gasteiger partial charge >= 0.3 is 5.97 Å². The minimum atomic E-state index is -0.387. The second-order valence-electron chi connectivity index (χ2n) is 5.48. The van der Waals surface area contributed by atoms with Gasteiger partial charge in [0, 0.05) is 18.5 Å². The Hall–Kier alpha value is -2.62. The zero-order valence-electron chi connectivity index (χ0n) is 13.7. The monoisotopic (exact) mass is 310 g/mol. The summed E-state index contributed by atoms with van der Waals surface area (Å²) in [4.78, 5) is 16.3. The molecule has 2 aromatic rings. The number of benzene rings is 1. The molecule has 0 bridgehead atoms. The Balaban J connectivity index is 2.30. The number of imidazole rings is 1. The third-order valence-electron chi connectivity index (χ3n) is 3.55. The van der Waals surface area contributed by atoms with Gasteiger partial charge in [-0.05, 0) is 19.4 Å². The Labute approximate surface area is 137 Å². The van der Waals surface area contributed by atoms with Crippen LogP contribution in [0.15, 0.2) is 55.1 Å². The molecule has 0 aliphatic carbocycles. The van der Waals surface area contributed by atoms with Gasteiger partial charge < -0.3 is 9.30 Å². The SMILES string of the molecule is C=CCc1nc(C)c(COC(=O)C(=C)C)n1Cc1ccccc1. The van der Waals surface area contributed by atoms with Crippen molar-refractivity contribution in [1.29, 1.82) is 0 Å². The minimum Gasteiger partial charge on any atom is -0.456 e. The normalized spacial score (nSPS) is 10.3. The van der Waals surface area contributed by atoms with Crippen molar-refractivity contribution in [2.75, 3.05) is 0 Å². The van der Waals surface area contributed by atoms with E-state index in [0.717, 1.165) is 17.2 Å². The molecule has 1 aromatic carbocycles. The predicted molar refractivity (Wildman–Crippen MR) is 91.0 cm³/mol. The molecule has 0 spiro atoms. The zero-order chi connectivity index (χ0) is 16.8. The third kappa shape index (κ3) is 4.19. The van der Waals surface area contributed by atoms with Gasteiger partial charge in [0.2, 0.25) is 0 Å². The van der Waals surface area contributed by atoms with E-state index in [2.05, 4.69) is 34.8 Å². The molecule has 0 aliphatic rings. The maximum atomic E-state index is 11.7. The number of hydrogen-bond acceptors (Lipinski definition) is 3. The van der Waals surface area contributed by atoms with Crippen LogP contribution in [0.25, 0.3) is 0 Å². The van der Waals surface area contributed by atoms with Crippen LogP contribution in [0.5, 0.6) is 0 Å². The lowest BCUT2D eigenvalue weighted by molar-refractivity contribution is -0.140. The van der Waals surface area contributed by atoms with E-state index in [4.69, 9.17) is 4.74 Å². The summed E-state index contributed by atoms with van der Waals surface area (Å²) >= 11 is 0. The number of allylic oxidation sites excluding steroid dienone is 1. The molecule has 0 amide bonds. The van der Waals surface area contributed by atoms with Crippen LogP contribution in [0, 0.1) is 6.92 Å². The lowest BCUT2D eigenvalue weighted by atomic mass is 10.2. The van der Waals surface area contributed by atoms with Gasteiger partial charge in [0.05, 0.1) is 11.4 Å². The fraction of sp³-hybridized carbons (Fsp3) is 0.263. The summed E-state index contributed by atoms with van der Waals surface area (Å²) in [6.45, 7) is 11.8. The molecule has 0 saturated heterocycles. The van der Waals surface area contributed by atoms with Gasteiger partial charge in [0.15, 0.2) is 0 Å². The van der Waals surface area contributed by atoms with Crippen molar-refractivity contribution in [3.8, 4) is 0 Å². The number of hydrogen-bond donors (Lipinski definition) is 0. The van der Waals surface area contributed by atoms with Crippen LogP contribution in [0.4, 0.5) is 0 Å². The summed E-state index contributed by atoms with van der Waals surface area (Å²) in [5, 5.41) is 0. The van der Waals surface area contributed by atoms with Crippen LogP contribution in [-0.2, 0) is 29.1 Å². The van der Waals surface area contributed by atoms with Gasteiger partial charge in [-0.2, -0.15) is 0 Å². The Morgan fingerprint density at radius 2 is 2.04 bits per heavy atom. The second kappa shape index (κ2) is 7.58. The van der Waals surface area contributed by atoms with Gasteiger partial charge in [-0.15, -0.1) is 6.58 Å². The quantitative estimate of drug-likeness (QED) is 0.446. The molecule has 0 aliphatic heterocycles. The number of rotatable bonds is 7. The van der Waals surface area contributed by atoms with Crippen molar-refractivity contribution in [3.05, 3.63) is 77.9 Å². The van der Waals surface area contributed by atoms with Gasteiger partial charge in [0.25, 0.3) is 0 Å². The largest absolute Gasteiger partial charge is 0.456 e. The third-order valence-corrected chi connectivity index (χ3v) is 3.55. The number of nitrogens with zero attached hydrogens (tertiary/aromatic N) is 2. The topological polar surface area (TPSA) is 44.1 Å². The average Bonchev–Trinajstić information content (AvgIpc) is 2.81. The first-order valence-corrected chi connectivity index (χ1v) is 7.55. The first kappa shape index (κ1) is 16.7. The molecular formula is C19H22N2O2. The number of ether oxygens (including phenoxy) is 1.